The van der Waals surface area contributed by atoms with Crippen molar-refractivity contribution in [3.8, 4) is 0 Å². The van der Waals surface area contributed by atoms with Crippen LogP contribution < -0.4 is 25.7 Å². The van der Waals surface area contributed by atoms with Gasteiger partial charge in [-0.25, -0.2) is 4.79 Å². The fourth-order valence-electron chi connectivity index (χ4n) is 8.23. The minimum Gasteiger partial charge on any atom is -0.681 e. The molecule has 8 bridgehead atoms. The predicted octanol–water partition coefficient (Wildman–Crippen LogP) is 6.55. The molecule has 1 saturated heterocycles. The Kier molecular flexibility index (Phi) is 13.1. The molecule has 3 aliphatic rings. The fraction of sp³-hybridized carbons (Fsp3) is 0.444. The molecule has 0 radical (unpaired) electrons. The molecule has 55 heavy (non-hydrogen) atoms. The topological polar surface area (TPSA) is 126 Å². The Balaban J connectivity index is 0.00000580. The van der Waals surface area contributed by atoms with Crippen LogP contribution in [0.25, 0.3) is 35.2 Å². The van der Waals surface area contributed by atoms with E-state index < -0.39 is 17.8 Å². The van der Waals surface area contributed by atoms with E-state index in [1.807, 2.05) is 44.2 Å². The Hall–Kier alpha value is -4.28. The van der Waals surface area contributed by atoms with Crippen LogP contribution in [0.15, 0.2) is 29.5 Å². The number of methoxy groups -OCH3 is 1. The monoisotopic (exact) mass is 752 g/mol. The molecular formula is C45H52MgN4O5-2. The average molecular weight is 753 g/mol. The van der Waals surface area contributed by atoms with Gasteiger partial charge in [0.15, 0.2) is 5.78 Å². The molecule has 1 unspecified atom stereocenters. The molecule has 9 nitrogen and oxygen atoms in total. The van der Waals surface area contributed by atoms with Gasteiger partial charge < -0.3 is 29.7 Å². The zero-order valence-electron chi connectivity index (χ0n) is 33.9. The van der Waals surface area contributed by atoms with Crippen molar-refractivity contribution >= 4 is 70.7 Å². The molecule has 0 N–H and O–H groups in total. The first-order valence-electron chi connectivity index (χ1n) is 19.2. The number of carbonyl (C=O) groups is 3. The summed E-state index contributed by atoms with van der Waals surface area (Å²) in [4.78, 5) is 56.0. The molecule has 0 aromatic carbocycles. The molecule has 0 spiro atoms. The van der Waals surface area contributed by atoms with Crippen molar-refractivity contribution < 1.29 is 23.9 Å². The predicted molar refractivity (Wildman–Crippen MR) is 219 cm³/mol. The van der Waals surface area contributed by atoms with Crippen LogP contribution in [-0.4, -0.2) is 60.5 Å². The summed E-state index contributed by atoms with van der Waals surface area (Å²) in [6.07, 6.45) is 14.3. The number of rotatable bonds is 12. The van der Waals surface area contributed by atoms with Crippen LogP contribution in [0.3, 0.4) is 0 Å². The van der Waals surface area contributed by atoms with Gasteiger partial charge in [-0.15, -0.1) is 33.5 Å². The minimum atomic E-state index is -0.725. The number of ketones is 1. The summed E-state index contributed by atoms with van der Waals surface area (Å²) in [5, 5.41) is 6.85. The molecule has 10 heteroatoms. The number of nitrogens with zero attached hydrogens (tertiary/aromatic N) is 4. The van der Waals surface area contributed by atoms with E-state index in [0.29, 0.717) is 40.4 Å². The number of Topliss-reactive ketones (excluding diaryl/α,β-unsaturated/α-hetero) is 1. The molecule has 3 aromatic heterocycles. The third kappa shape index (κ3) is 8.03. The van der Waals surface area contributed by atoms with E-state index >= 15 is 0 Å². The van der Waals surface area contributed by atoms with E-state index in [-0.39, 0.29) is 59.5 Å². The van der Waals surface area contributed by atoms with Gasteiger partial charge in [-0.2, -0.15) is 5.70 Å². The number of ether oxygens (including phenoxy) is 2. The van der Waals surface area contributed by atoms with Crippen LogP contribution in [0, 0.1) is 38.5 Å². The fourth-order valence-corrected chi connectivity index (χ4v) is 8.23. The third-order valence-electron chi connectivity index (χ3n) is 11.5. The zero-order valence-corrected chi connectivity index (χ0v) is 35.3. The second-order valence-corrected chi connectivity index (χ2v) is 15.4. The number of allylic oxidation sites excluding steroid dienone is 2. The number of fused-ring (bicyclic) bond motifs is 8. The van der Waals surface area contributed by atoms with E-state index in [1.165, 1.54) is 12.7 Å². The van der Waals surface area contributed by atoms with E-state index in [1.54, 1.807) is 0 Å². The number of aromatic nitrogens is 3. The van der Waals surface area contributed by atoms with Gasteiger partial charge in [-0.05, 0) is 82.8 Å². The van der Waals surface area contributed by atoms with E-state index in [2.05, 4.69) is 48.1 Å². The number of carbonyl (C=O) groups excluding carboxylic acids is 3. The smallest absolute Gasteiger partial charge is 0.681 e. The Labute approximate surface area is 341 Å². The van der Waals surface area contributed by atoms with Gasteiger partial charge in [0.1, 0.15) is 12.2 Å². The van der Waals surface area contributed by atoms with Crippen LogP contribution in [0.4, 0.5) is 0 Å². The van der Waals surface area contributed by atoms with Crippen LogP contribution in [0.2, 0.25) is 0 Å². The standard InChI is InChI=1S/C45H54N4O5.Mg/c1-11-29-25(6)32-20-34-27(8)31(16-17-38(50)54-19-18-24(5)15-13-14-23(3)4)42(48-34)40-41(45(52)53-10)44(51)39-28(9)35(49-43(39)40)22-37-30(12-2)26(7)33(47-37)21-36(29)46-32;/h11,18,20-23,27,31,42H,1,12-17,19H2,2-10H3,(H2-2,46,47,48,49,51,52);/q-2;+2/p-2/b24-18+;/t27-,31-,42?;/m0./s1. The van der Waals surface area contributed by atoms with Gasteiger partial charge in [0.2, 0.25) is 0 Å². The van der Waals surface area contributed by atoms with Crippen molar-refractivity contribution in [2.45, 2.75) is 100.0 Å². The summed E-state index contributed by atoms with van der Waals surface area (Å²) < 4.78 is 10.9. The maximum Gasteiger partial charge on any atom is 2.00 e. The molecule has 1 aliphatic carbocycles. The van der Waals surface area contributed by atoms with Gasteiger partial charge in [-0.1, -0.05) is 104 Å². The van der Waals surface area contributed by atoms with Crippen molar-refractivity contribution in [1.82, 2.24) is 15.0 Å². The summed E-state index contributed by atoms with van der Waals surface area (Å²) in [6.45, 7) is 21.0. The van der Waals surface area contributed by atoms with Crippen molar-refractivity contribution in [2.75, 3.05) is 13.7 Å². The van der Waals surface area contributed by atoms with Crippen molar-refractivity contribution in [2.24, 2.45) is 17.8 Å². The van der Waals surface area contributed by atoms with E-state index in [0.717, 1.165) is 75.7 Å². The van der Waals surface area contributed by atoms with Crippen molar-refractivity contribution in [3.05, 3.63) is 102 Å². The minimum absolute atomic E-state index is 0. The van der Waals surface area contributed by atoms with Crippen molar-refractivity contribution in [3.63, 3.8) is 0 Å². The molecule has 0 saturated carbocycles. The van der Waals surface area contributed by atoms with Crippen LogP contribution in [-0.2, 0) is 25.5 Å². The van der Waals surface area contributed by atoms with Gasteiger partial charge in [0, 0.05) is 12.0 Å². The Morgan fingerprint density at radius 2 is 1.67 bits per heavy atom. The average Bonchev–Trinajstić information content (AvgIpc) is 3.87. The molecule has 1 fully saturated rings. The maximum absolute atomic E-state index is 14.2. The Morgan fingerprint density at radius 3 is 2.35 bits per heavy atom. The molecule has 6 rings (SSSR count). The number of hydrogen-bond acceptors (Lipinski definition) is 5. The third-order valence-corrected chi connectivity index (χ3v) is 11.5. The second kappa shape index (κ2) is 17.2. The Bertz CT molecular complexity index is 2240. The molecule has 3 aromatic rings. The van der Waals surface area contributed by atoms with Gasteiger partial charge >= 0.3 is 35.0 Å². The summed E-state index contributed by atoms with van der Waals surface area (Å²) in [6, 6.07) is -0.645. The van der Waals surface area contributed by atoms with Crippen LogP contribution >= 0.6 is 0 Å². The van der Waals surface area contributed by atoms with Gasteiger partial charge in [0.25, 0.3) is 0 Å². The maximum atomic E-state index is 14.2. The zero-order chi connectivity index (χ0) is 39.0. The quantitative estimate of drug-likeness (QED) is 0.0884. The first-order chi connectivity index (χ1) is 25.8. The molecule has 2 aliphatic heterocycles. The summed E-state index contributed by atoms with van der Waals surface area (Å²) in [7, 11) is 1.28. The second-order valence-electron chi connectivity index (χ2n) is 15.4. The van der Waals surface area contributed by atoms with Crippen molar-refractivity contribution in [1.29, 1.82) is 0 Å². The summed E-state index contributed by atoms with van der Waals surface area (Å²) in [5.74, 6) is -1.20. The molecule has 5 heterocycles. The first-order valence-corrected chi connectivity index (χ1v) is 19.2. The largest absolute Gasteiger partial charge is 2.00 e. The molecule has 0 amide bonds. The van der Waals surface area contributed by atoms with E-state index in [9.17, 15) is 14.4 Å². The normalized spacial score (nSPS) is 20.9. The first kappa shape index (κ1) is 41.9. The summed E-state index contributed by atoms with van der Waals surface area (Å²) >= 11 is 0. The van der Waals surface area contributed by atoms with Gasteiger partial charge in [0.05, 0.1) is 7.11 Å². The van der Waals surface area contributed by atoms with Crippen LogP contribution in [0.5, 0.6) is 0 Å². The summed E-state index contributed by atoms with van der Waals surface area (Å²) in [5.41, 5.74) is 10.0. The molecule has 286 valence electrons. The number of hydrogen-bond donors (Lipinski definition) is 0. The van der Waals surface area contributed by atoms with Gasteiger partial charge in [-0.3, -0.25) is 9.59 Å². The molecule has 3 atom stereocenters. The van der Waals surface area contributed by atoms with Crippen LogP contribution in [0.1, 0.15) is 128 Å². The Morgan fingerprint density at radius 1 is 0.964 bits per heavy atom. The molecular weight excluding hydrogens is 701 g/mol. The van der Waals surface area contributed by atoms with E-state index in [4.69, 9.17) is 29.7 Å². The number of esters is 2. The SMILES string of the molecule is C=Cc1c2[n-]c(c1C)/C=C1\[N-]C(C3=C(C(=O)OC)C(=O)c4c3[n-]c(c4C)/C=c3\[n-]/c(c(C)c3CC)=C\2)[C@@H](CCC(=O)OC/C=C(\C)CCCC(C)C)[C@@H]1C.[Mg+2].